The Morgan fingerprint density at radius 2 is 1.67 bits per heavy atom. The van der Waals surface area contributed by atoms with Gasteiger partial charge < -0.3 is 21.7 Å². The molecule has 0 aromatic heterocycles. The molecular weight excluding hydrogens is 452 g/mol. The van der Waals surface area contributed by atoms with Crippen molar-refractivity contribution >= 4 is 11.9 Å². The molecule has 1 aromatic carbocycles. The Balaban J connectivity index is 0.000000388. The minimum Gasteiger partial charge on any atom is -0.480 e. The number of nitrogens with two attached hydrogens (primary N) is 2. The van der Waals surface area contributed by atoms with Gasteiger partial charge in [-0.25, -0.2) is 4.79 Å². The molecule has 0 radical (unpaired) electrons. The Labute approximate surface area is 216 Å². The highest BCUT2D eigenvalue weighted by Gasteiger charge is 2.50. The minimum absolute atomic E-state index is 0.173. The van der Waals surface area contributed by atoms with Gasteiger partial charge in [-0.15, -0.1) is 0 Å². The third-order valence-corrected chi connectivity index (χ3v) is 8.04. The maximum absolute atomic E-state index is 10.8. The summed E-state index contributed by atoms with van der Waals surface area (Å²) in [5.74, 6) is -1.33. The molecular formula is C30H46N2O4. The van der Waals surface area contributed by atoms with Crippen LogP contribution in [0.2, 0.25) is 0 Å². The van der Waals surface area contributed by atoms with Crippen LogP contribution in [0.3, 0.4) is 0 Å². The summed E-state index contributed by atoms with van der Waals surface area (Å²) < 4.78 is 0. The van der Waals surface area contributed by atoms with E-state index >= 15 is 0 Å². The van der Waals surface area contributed by atoms with Crippen LogP contribution in [0, 0.1) is 5.92 Å². The van der Waals surface area contributed by atoms with E-state index in [4.69, 9.17) is 21.7 Å². The molecule has 0 bridgehead atoms. The summed E-state index contributed by atoms with van der Waals surface area (Å²) in [5.41, 5.74) is 16.3. The molecule has 3 atom stereocenters. The molecule has 0 heterocycles. The lowest BCUT2D eigenvalue weighted by molar-refractivity contribution is -0.138. The van der Waals surface area contributed by atoms with Crippen molar-refractivity contribution in [2.75, 3.05) is 6.54 Å². The summed E-state index contributed by atoms with van der Waals surface area (Å²) >= 11 is 0. The number of carboxylic acid groups (broad SMARTS) is 2. The second-order valence-electron chi connectivity index (χ2n) is 12.1. The number of aliphatic carboxylic acids is 2. The summed E-state index contributed by atoms with van der Waals surface area (Å²) in [6.45, 7) is 14.3. The van der Waals surface area contributed by atoms with E-state index in [-0.39, 0.29) is 16.2 Å². The van der Waals surface area contributed by atoms with Crippen molar-refractivity contribution < 1.29 is 19.8 Å². The number of hydrogen-bond donors (Lipinski definition) is 4. The summed E-state index contributed by atoms with van der Waals surface area (Å²) in [4.78, 5) is 20.9. The minimum atomic E-state index is -0.933. The Kier molecular flexibility index (Phi) is 9.71. The lowest BCUT2D eigenvalue weighted by atomic mass is 9.62. The maximum Gasteiger partial charge on any atom is 0.328 e. The zero-order valence-electron chi connectivity index (χ0n) is 22.9. The molecule has 6 nitrogen and oxygen atoms in total. The van der Waals surface area contributed by atoms with Crippen LogP contribution in [0.25, 0.3) is 0 Å². The van der Waals surface area contributed by atoms with Gasteiger partial charge in [-0.2, -0.15) is 0 Å². The van der Waals surface area contributed by atoms with Crippen molar-refractivity contribution in [2.45, 2.75) is 102 Å². The van der Waals surface area contributed by atoms with Gasteiger partial charge in [0.2, 0.25) is 0 Å². The normalized spacial score (nSPS) is 24.9. The first-order valence-corrected chi connectivity index (χ1v) is 13.1. The monoisotopic (exact) mass is 498 g/mol. The van der Waals surface area contributed by atoms with Crippen LogP contribution in [-0.4, -0.2) is 34.7 Å². The zero-order chi connectivity index (χ0) is 27.3. The van der Waals surface area contributed by atoms with Crippen molar-refractivity contribution in [3.05, 3.63) is 58.7 Å². The molecule has 0 unspecified atom stereocenters. The molecule has 2 aliphatic rings. The molecule has 0 spiro atoms. The fraction of sp³-hybridized carbons (Fsp3) is 0.600. The summed E-state index contributed by atoms with van der Waals surface area (Å²) in [6, 6.07) is 6.44. The van der Waals surface area contributed by atoms with Crippen LogP contribution < -0.4 is 11.5 Å². The van der Waals surface area contributed by atoms with Crippen molar-refractivity contribution in [3.63, 3.8) is 0 Å². The quantitative estimate of drug-likeness (QED) is 0.204. The van der Waals surface area contributed by atoms with Gasteiger partial charge in [0.15, 0.2) is 0 Å². The lowest BCUT2D eigenvalue weighted by Crippen LogP contribution is -2.34. The molecule has 1 saturated carbocycles. The van der Waals surface area contributed by atoms with Gasteiger partial charge in [-0.1, -0.05) is 71.4 Å². The van der Waals surface area contributed by atoms with Crippen LogP contribution in [0.4, 0.5) is 0 Å². The molecule has 1 aromatic rings. The summed E-state index contributed by atoms with van der Waals surface area (Å²) in [7, 11) is 0. The van der Waals surface area contributed by atoms with Crippen molar-refractivity contribution in [1.29, 1.82) is 0 Å². The number of allylic oxidation sites excluding steroid dienone is 3. The van der Waals surface area contributed by atoms with E-state index < -0.39 is 18.0 Å². The Bertz CT molecular complexity index is 1010. The highest BCUT2D eigenvalue weighted by molar-refractivity contribution is 5.81. The second-order valence-corrected chi connectivity index (χ2v) is 12.1. The molecule has 0 amide bonds. The zero-order valence-corrected chi connectivity index (χ0v) is 22.9. The van der Waals surface area contributed by atoms with Gasteiger partial charge in [-0.05, 0) is 90.0 Å². The number of carbonyl (C=O) groups is 2. The van der Waals surface area contributed by atoms with Crippen molar-refractivity contribution in [1.82, 2.24) is 0 Å². The molecule has 2 aliphatic carbocycles. The van der Waals surface area contributed by atoms with Gasteiger partial charge in [0.1, 0.15) is 6.04 Å². The Morgan fingerprint density at radius 3 is 2.22 bits per heavy atom. The number of rotatable bonds is 9. The first-order valence-electron chi connectivity index (χ1n) is 13.1. The van der Waals surface area contributed by atoms with Gasteiger partial charge in [0.05, 0.1) is 0 Å². The number of carboxylic acids is 2. The van der Waals surface area contributed by atoms with E-state index in [2.05, 4.69) is 58.9 Å². The van der Waals surface area contributed by atoms with Gasteiger partial charge in [0.25, 0.3) is 0 Å². The molecule has 6 N–H and O–H groups in total. The van der Waals surface area contributed by atoms with Crippen LogP contribution in [0.1, 0.15) is 96.8 Å². The Morgan fingerprint density at radius 1 is 1.06 bits per heavy atom. The fourth-order valence-corrected chi connectivity index (χ4v) is 5.10. The SMILES string of the molecule is CC(/C=C/[C@@H]1C[C@]1(C)c1ccc2c(c1)C(C)(C)CCC2(C)C)=C\C(=O)O.NCCCC[C@H](N)C(=O)O. The number of benzene rings is 1. The molecule has 36 heavy (non-hydrogen) atoms. The van der Waals surface area contributed by atoms with Crippen LogP contribution in [0.15, 0.2) is 42.0 Å². The second kappa shape index (κ2) is 11.7. The molecule has 200 valence electrons. The molecule has 0 saturated heterocycles. The number of hydrogen-bond acceptors (Lipinski definition) is 4. The van der Waals surface area contributed by atoms with Crippen LogP contribution in [0.5, 0.6) is 0 Å². The molecule has 1 fully saturated rings. The predicted octanol–water partition coefficient (Wildman–Crippen LogP) is 5.43. The average molecular weight is 499 g/mol. The maximum atomic E-state index is 10.8. The van der Waals surface area contributed by atoms with E-state index in [0.717, 1.165) is 24.8 Å². The lowest BCUT2D eigenvalue weighted by Gasteiger charge is -2.42. The number of fused-ring (bicyclic) bond motifs is 1. The largest absolute Gasteiger partial charge is 0.480 e. The third-order valence-electron chi connectivity index (χ3n) is 8.04. The Hall–Kier alpha value is -2.44. The summed E-state index contributed by atoms with van der Waals surface area (Å²) in [6.07, 6.45) is 11.2. The van der Waals surface area contributed by atoms with Crippen LogP contribution >= 0.6 is 0 Å². The molecule has 6 heteroatoms. The highest BCUT2D eigenvalue weighted by atomic mass is 16.4. The van der Waals surface area contributed by atoms with Crippen LogP contribution in [-0.2, 0) is 25.8 Å². The van der Waals surface area contributed by atoms with E-state index in [9.17, 15) is 9.59 Å². The van der Waals surface area contributed by atoms with Crippen molar-refractivity contribution in [2.24, 2.45) is 17.4 Å². The van der Waals surface area contributed by atoms with Gasteiger partial charge >= 0.3 is 11.9 Å². The standard InChI is InChI=1S/C24H32O2.C6H14N2O2/c1-16(13-21(25)26)7-8-18-15-24(18,6)17-9-10-19-20(14-17)23(4,5)12-11-22(19,2)3;7-4-2-1-3-5(8)6(9)10/h7-10,13-14,18H,11-12,15H2,1-6H3,(H,25,26);5H,1-4,7-8H2,(H,9,10)/b8-7+,16-13+;/t18-,24-;5-/m10/s1. The molecule has 0 aliphatic heterocycles. The smallest absolute Gasteiger partial charge is 0.328 e. The van der Waals surface area contributed by atoms with Gasteiger partial charge in [-0.3, -0.25) is 4.79 Å². The summed E-state index contributed by atoms with van der Waals surface area (Å²) in [5, 5.41) is 17.2. The van der Waals surface area contributed by atoms with Crippen molar-refractivity contribution in [3.8, 4) is 0 Å². The van der Waals surface area contributed by atoms with E-state index in [1.165, 1.54) is 35.6 Å². The first kappa shape index (κ1) is 29.8. The van der Waals surface area contributed by atoms with E-state index in [0.29, 0.717) is 18.9 Å². The topological polar surface area (TPSA) is 127 Å². The fourth-order valence-electron chi connectivity index (χ4n) is 5.10. The van der Waals surface area contributed by atoms with E-state index in [1.807, 2.05) is 13.0 Å². The predicted molar refractivity (Wildman–Crippen MR) is 146 cm³/mol. The number of unbranched alkanes of at least 4 members (excludes halogenated alkanes) is 1. The first-order chi connectivity index (χ1) is 16.6. The highest BCUT2D eigenvalue weighted by Crippen LogP contribution is 2.56. The van der Waals surface area contributed by atoms with E-state index in [1.54, 1.807) is 0 Å². The third kappa shape index (κ3) is 7.53. The average Bonchev–Trinajstić information content (AvgIpc) is 3.46. The molecule has 3 rings (SSSR count). The van der Waals surface area contributed by atoms with Gasteiger partial charge in [0, 0.05) is 6.08 Å².